The fourth-order valence-electron chi connectivity index (χ4n) is 3.16. The molecular formula is C15H18N2O4. The van der Waals surface area contributed by atoms with Crippen LogP contribution in [0.15, 0.2) is 12.1 Å². The fraction of sp³-hybridized carbons (Fsp3) is 0.467. The molecule has 0 aliphatic carbocycles. The van der Waals surface area contributed by atoms with Gasteiger partial charge in [-0.25, -0.2) is 9.59 Å². The second kappa shape index (κ2) is 5.04. The molecule has 0 radical (unpaired) electrons. The molecule has 1 aromatic rings. The standard InChI is InChI=1S/C15H18N2O4/c1-8-5-17(15(19)20)6-13(16-8)10-3-4-11-12(9(10)2)7-21-14(11)18/h3-4,8,13,16H,5-7H2,1-2H3,(H,19,20)/t8-,13-/m0/s1. The van der Waals surface area contributed by atoms with Gasteiger partial charge in [0.1, 0.15) is 6.61 Å². The van der Waals surface area contributed by atoms with E-state index < -0.39 is 6.09 Å². The molecule has 2 heterocycles. The van der Waals surface area contributed by atoms with E-state index in [4.69, 9.17) is 4.74 Å². The van der Waals surface area contributed by atoms with Crippen LogP contribution in [0.3, 0.4) is 0 Å². The molecule has 112 valence electrons. The minimum absolute atomic E-state index is 0.0640. The quantitative estimate of drug-likeness (QED) is 0.769. The van der Waals surface area contributed by atoms with Crippen molar-refractivity contribution < 1.29 is 19.4 Å². The fourth-order valence-corrected chi connectivity index (χ4v) is 3.16. The maximum Gasteiger partial charge on any atom is 0.407 e. The summed E-state index contributed by atoms with van der Waals surface area (Å²) in [5, 5.41) is 12.6. The van der Waals surface area contributed by atoms with Crippen LogP contribution < -0.4 is 5.32 Å². The Hall–Kier alpha value is -2.08. The van der Waals surface area contributed by atoms with Crippen molar-refractivity contribution in [3.05, 3.63) is 34.4 Å². The lowest BCUT2D eigenvalue weighted by Gasteiger charge is -2.37. The third-order valence-electron chi connectivity index (χ3n) is 4.24. The summed E-state index contributed by atoms with van der Waals surface area (Å²) in [6, 6.07) is 3.70. The number of nitrogens with zero attached hydrogens (tertiary/aromatic N) is 1. The first-order chi connectivity index (χ1) is 9.97. The van der Waals surface area contributed by atoms with Gasteiger partial charge in [0.2, 0.25) is 0 Å². The van der Waals surface area contributed by atoms with Crippen LogP contribution in [0.4, 0.5) is 4.79 Å². The van der Waals surface area contributed by atoms with Crippen LogP contribution in [0.1, 0.15) is 40.0 Å². The Kier molecular flexibility index (Phi) is 3.33. The first-order valence-electron chi connectivity index (χ1n) is 7.00. The molecule has 2 aliphatic heterocycles. The van der Waals surface area contributed by atoms with Crippen LogP contribution in [0.2, 0.25) is 0 Å². The van der Waals surface area contributed by atoms with Crippen LogP contribution in [-0.4, -0.2) is 41.2 Å². The summed E-state index contributed by atoms with van der Waals surface area (Å²) >= 11 is 0. The largest absolute Gasteiger partial charge is 0.465 e. The summed E-state index contributed by atoms with van der Waals surface area (Å²) in [5.41, 5.74) is 3.58. The molecule has 0 saturated carbocycles. The summed E-state index contributed by atoms with van der Waals surface area (Å²) in [6.07, 6.45) is -0.898. The summed E-state index contributed by atoms with van der Waals surface area (Å²) in [5.74, 6) is -0.281. The van der Waals surface area contributed by atoms with E-state index in [0.29, 0.717) is 25.3 Å². The minimum Gasteiger partial charge on any atom is -0.465 e. The van der Waals surface area contributed by atoms with Gasteiger partial charge in [0.05, 0.1) is 11.6 Å². The number of fused-ring (bicyclic) bond motifs is 1. The molecular weight excluding hydrogens is 272 g/mol. The Balaban J connectivity index is 1.93. The molecule has 2 atom stereocenters. The minimum atomic E-state index is -0.898. The smallest absolute Gasteiger partial charge is 0.407 e. The molecule has 6 nitrogen and oxygen atoms in total. The maximum atomic E-state index is 11.6. The highest BCUT2D eigenvalue weighted by molar-refractivity contribution is 5.94. The molecule has 6 heteroatoms. The number of carbonyl (C=O) groups excluding carboxylic acids is 1. The number of carboxylic acid groups (broad SMARTS) is 1. The van der Waals surface area contributed by atoms with Crippen molar-refractivity contribution in [2.75, 3.05) is 13.1 Å². The van der Waals surface area contributed by atoms with Crippen molar-refractivity contribution in [2.24, 2.45) is 0 Å². The third-order valence-corrected chi connectivity index (χ3v) is 4.24. The Morgan fingerprint density at radius 2 is 2.19 bits per heavy atom. The zero-order valence-corrected chi connectivity index (χ0v) is 12.0. The number of rotatable bonds is 1. The van der Waals surface area contributed by atoms with Crippen LogP contribution in [-0.2, 0) is 11.3 Å². The molecule has 1 fully saturated rings. The predicted molar refractivity (Wildman–Crippen MR) is 75.2 cm³/mol. The van der Waals surface area contributed by atoms with E-state index in [1.807, 2.05) is 19.9 Å². The molecule has 2 aliphatic rings. The van der Waals surface area contributed by atoms with Crippen molar-refractivity contribution in [3.8, 4) is 0 Å². The van der Waals surface area contributed by atoms with Gasteiger partial charge in [-0.05, 0) is 31.0 Å². The van der Waals surface area contributed by atoms with Crippen molar-refractivity contribution in [3.63, 3.8) is 0 Å². The van der Waals surface area contributed by atoms with Crippen LogP contribution in [0.5, 0.6) is 0 Å². The monoisotopic (exact) mass is 290 g/mol. The lowest BCUT2D eigenvalue weighted by Crippen LogP contribution is -2.52. The predicted octanol–water partition coefficient (Wildman–Crippen LogP) is 1.68. The van der Waals surface area contributed by atoms with Gasteiger partial charge in [-0.15, -0.1) is 0 Å². The van der Waals surface area contributed by atoms with E-state index in [1.165, 1.54) is 4.90 Å². The molecule has 0 bridgehead atoms. The second-order valence-corrected chi connectivity index (χ2v) is 5.69. The normalized spacial score (nSPS) is 24.7. The number of hydrogen-bond acceptors (Lipinski definition) is 4. The van der Waals surface area contributed by atoms with E-state index in [0.717, 1.165) is 16.7 Å². The average molecular weight is 290 g/mol. The summed E-state index contributed by atoms with van der Waals surface area (Å²) < 4.78 is 5.06. The highest BCUT2D eigenvalue weighted by Crippen LogP contribution is 2.30. The molecule has 2 N–H and O–H groups in total. The summed E-state index contributed by atoms with van der Waals surface area (Å²) in [7, 11) is 0. The highest BCUT2D eigenvalue weighted by Gasteiger charge is 2.31. The molecule has 3 rings (SSSR count). The maximum absolute atomic E-state index is 11.6. The number of piperazine rings is 1. The Morgan fingerprint density at radius 3 is 2.90 bits per heavy atom. The lowest BCUT2D eigenvalue weighted by molar-refractivity contribution is 0.0534. The van der Waals surface area contributed by atoms with Crippen LogP contribution >= 0.6 is 0 Å². The van der Waals surface area contributed by atoms with E-state index in [9.17, 15) is 14.7 Å². The molecule has 0 aromatic heterocycles. The second-order valence-electron chi connectivity index (χ2n) is 5.69. The van der Waals surface area contributed by atoms with Gasteiger partial charge in [-0.1, -0.05) is 6.07 Å². The van der Waals surface area contributed by atoms with Gasteiger partial charge in [0.15, 0.2) is 0 Å². The summed E-state index contributed by atoms with van der Waals surface area (Å²) in [6.45, 7) is 5.13. The summed E-state index contributed by atoms with van der Waals surface area (Å²) in [4.78, 5) is 24.2. The Bertz CT molecular complexity index is 614. The van der Waals surface area contributed by atoms with Gasteiger partial charge < -0.3 is 20.1 Å². The first-order valence-corrected chi connectivity index (χ1v) is 7.00. The van der Waals surface area contributed by atoms with Gasteiger partial charge in [-0.3, -0.25) is 0 Å². The van der Waals surface area contributed by atoms with Crippen LogP contribution in [0.25, 0.3) is 0 Å². The van der Waals surface area contributed by atoms with Gasteiger partial charge in [-0.2, -0.15) is 0 Å². The van der Waals surface area contributed by atoms with Gasteiger partial charge >= 0.3 is 12.1 Å². The number of hydrogen-bond donors (Lipinski definition) is 2. The molecule has 0 spiro atoms. The number of ether oxygens (including phenoxy) is 1. The number of benzene rings is 1. The highest BCUT2D eigenvalue weighted by atomic mass is 16.5. The zero-order chi connectivity index (χ0) is 15.1. The third kappa shape index (κ3) is 2.35. The molecule has 0 unspecified atom stereocenters. The van der Waals surface area contributed by atoms with Gasteiger partial charge in [0.25, 0.3) is 0 Å². The number of cyclic esters (lactones) is 1. The SMILES string of the molecule is Cc1c([C@@H]2CN(C(=O)O)C[C@H](C)N2)ccc2c1COC2=O. The van der Waals surface area contributed by atoms with Crippen LogP contribution in [0, 0.1) is 6.92 Å². The molecule has 1 saturated heterocycles. The first kappa shape index (κ1) is 13.9. The number of nitrogens with one attached hydrogen (secondary N) is 1. The van der Waals surface area contributed by atoms with Gasteiger partial charge in [0, 0.05) is 24.7 Å². The number of esters is 1. The molecule has 1 aromatic carbocycles. The topological polar surface area (TPSA) is 78.9 Å². The number of carbonyl (C=O) groups is 2. The molecule has 1 amide bonds. The average Bonchev–Trinajstić information content (AvgIpc) is 2.81. The van der Waals surface area contributed by atoms with Crippen molar-refractivity contribution in [1.29, 1.82) is 0 Å². The van der Waals surface area contributed by atoms with E-state index in [-0.39, 0.29) is 18.1 Å². The zero-order valence-electron chi connectivity index (χ0n) is 12.0. The van der Waals surface area contributed by atoms with E-state index in [2.05, 4.69) is 5.32 Å². The Morgan fingerprint density at radius 1 is 1.43 bits per heavy atom. The Labute approximate surface area is 122 Å². The van der Waals surface area contributed by atoms with Crippen molar-refractivity contribution in [1.82, 2.24) is 10.2 Å². The van der Waals surface area contributed by atoms with Crippen molar-refractivity contribution >= 4 is 12.1 Å². The van der Waals surface area contributed by atoms with E-state index >= 15 is 0 Å². The van der Waals surface area contributed by atoms with E-state index in [1.54, 1.807) is 6.07 Å². The van der Waals surface area contributed by atoms with Crippen molar-refractivity contribution in [2.45, 2.75) is 32.5 Å². The molecule has 21 heavy (non-hydrogen) atoms. The lowest BCUT2D eigenvalue weighted by atomic mass is 9.92. The number of amides is 1.